The topological polar surface area (TPSA) is 188 Å². The standard InChI is InChI=1S/C27H29F3O6S.C26H28F2O6S.C15H16FS.BF4/c1-14-9-16-17-11-19(29)18-10-15(31)6-7-24(18,2)26(17,30)21(32)12-25(16,3)27(14,23(34)37-13-28)36-22(33)20-5-4-8-35-20;1-13-9-15-16-11-18(27)17-10-14(29)6-7-23(17,2)25(16,28)20(30)12-24(15,3)26(13,22(32)35)34-21(31)19-5-4-8-33-19;1-12-8-9-13(2)15(10-12)17(11-16)14-6-4-3-5-7-14;2-1(3,4)5/h4-8,10,14,16-17,19,21,32H,9,11-13H2,1-3H3;4-8,10,13,15-16,18,20,30H,9,11-12H2,1-3H3,(H,32,35);3-10H,11H2,1-2H3;/q;;+1;-1/t14-,16?,17?,19-,21+,24+,25+,26-,27+;13-,15?,16?,18-,20+,23+,24+,25-,26+;;/m11../s1. The molecule has 2 N–H and O–H groups in total. The van der Waals surface area contributed by atoms with Gasteiger partial charge in [-0.3, -0.25) is 19.2 Å². The van der Waals surface area contributed by atoms with E-state index in [2.05, 4.69) is 30.8 Å². The van der Waals surface area contributed by atoms with Crippen LogP contribution < -0.4 is 0 Å². The first-order valence-electron chi connectivity index (χ1n) is 30.6. The van der Waals surface area contributed by atoms with Gasteiger partial charge in [0.15, 0.2) is 43.9 Å². The number of benzene rings is 2. The molecule has 508 valence electrons. The van der Waals surface area contributed by atoms with Crippen LogP contribution in [0.15, 0.2) is 152 Å². The van der Waals surface area contributed by atoms with Gasteiger partial charge >= 0.3 is 19.2 Å². The third-order valence-electron chi connectivity index (χ3n) is 21.8. The molecule has 2 heterocycles. The van der Waals surface area contributed by atoms with E-state index in [0.29, 0.717) is 11.8 Å². The molecule has 0 bridgehead atoms. The van der Waals surface area contributed by atoms with Crippen molar-refractivity contribution in [3.63, 3.8) is 0 Å². The summed E-state index contributed by atoms with van der Waals surface area (Å²) in [5.41, 5.74) is -11.6. The fourth-order valence-electron chi connectivity index (χ4n) is 17.6. The van der Waals surface area contributed by atoms with E-state index in [-0.39, 0.29) is 67.2 Å². The summed E-state index contributed by atoms with van der Waals surface area (Å²) in [6, 6.07) is 20.5. The van der Waals surface area contributed by atoms with Crippen LogP contribution in [0, 0.1) is 71.0 Å². The van der Waals surface area contributed by atoms with Crippen LogP contribution in [0.3, 0.4) is 0 Å². The van der Waals surface area contributed by atoms with Crippen LogP contribution in [0.25, 0.3) is 0 Å². The average Bonchev–Trinajstić information content (AvgIpc) is 1.36. The van der Waals surface area contributed by atoms with Gasteiger partial charge in [-0.15, -0.1) is 12.6 Å². The van der Waals surface area contributed by atoms with E-state index in [1.807, 2.05) is 44.2 Å². The maximum Gasteiger partial charge on any atom is 0.673 e. The van der Waals surface area contributed by atoms with Gasteiger partial charge in [0.25, 0.3) is 6.01 Å². The second-order valence-corrected chi connectivity index (χ2v) is 29.8. The van der Waals surface area contributed by atoms with Crippen molar-refractivity contribution in [2.24, 2.45) is 57.2 Å². The number of aliphatic hydroxyl groups excluding tert-OH is 2. The molecule has 4 aromatic rings. The molecule has 26 heteroatoms. The van der Waals surface area contributed by atoms with E-state index >= 15 is 17.6 Å². The summed E-state index contributed by atoms with van der Waals surface area (Å²) >= 11 is 4.47. The highest BCUT2D eigenvalue weighted by atomic mass is 32.2. The van der Waals surface area contributed by atoms with Crippen molar-refractivity contribution in [3.05, 3.63) is 156 Å². The number of alkyl halides is 6. The van der Waals surface area contributed by atoms with Crippen LogP contribution in [-0.4, -0.2) is 110 Å². The molecule has 0 spiro atoms. The first-order chi connectivity index (χ1) is 43.9. The quantitative estimate of drug-likeness (QED) is 0.0448. The van der Waals surface area contributed by atoms with Crippen LogP contribution in [0.2, 0.25) is 0 Å². The number of carbonyl (C=O) groups is 6. The number of allylic oxidation sites excluding steroid dienone is 8. The van der Waals surface area contributed by atoms with Crippen LogP contribution in [0.1, 0.15) is 112 Å². The number of hydrogen-bond donors (Lipinski definition) is 3. The molecule has 6 saturated carbocycles. The van der Waals surface area contributed by atoms with Crippen LogP contribution in [0.4, 0.5) is 43.6 Å². The van der Waals surface area contributed by atoms with E-state index in [4.69, 9.17) is 18.3 Å². The number of ether oxygens (including phenoxy) is 2. The zero-order valence-electron chi connectivity index (χ0n) is 52.6. The minimum absolute atomic E-state index is 0.00739. The Balaban J connectivity index is 0.000000169. The molecule has 12 nitrogen and oxygen atoms in total. The summed E-state index contributed by atoms with van der Waals surface area (Å²) in [4.78, 5) is 78.9. The van der Waals surface area contributed by atoms with Gasteiger partial charge in [-0.1, -0.05) is 70.2 Å². The fourth-order valence-corrected chi connectivity index (χ4v) is 20.7. The second kappa shape index (κ2) is 26.4. The first-order valence-corrected chi connectivity index (χ1v) is 33.4. The van der Waals surface area contributed by atoms with Gasteiger partial charge in [0.05, 0.1) is 35.6 Å². The zero-order chi connectivity index (χ0) is 69.3. The number of aliphatic hydroxyl groups is 2. The number of carbonyl (C=O) groups excluding carboxylic acids is 6. The molecule has 5 unspecified atom stereocenters. The zero-order valence-corrected chi connectivity index (χ0v) is 55.1. The van der Waals surface area contributed by atoms with Gasteiger partial charge in [0, 0.05) is 50.9 Å². The molecular weight excluding hydrogens is 1310 g/mol. The molecule has 8 aliphatic carbocycles. The summed E-state index contributed by atoms with van der Waals surface area (Å²) in [6.07, 6.45) is 2.74. The van der Waals surface area contributed by atoms with Crippen molar-refractivity contribution in [2.45, 2.75) is 151 Å². The van der Waals surface area contributed by atoms with Gasteiger partial charge < -0.3 is 45.8 Å². The van der Waals surface area contributed by atoms with E-state index in [1.165, 1.54) is 86.1 Å². The number of thioether (sulfide) groups is 1. The predicted octanol–water partition coefficient (Wildman–Crippen LogP) is 14.7. The summed E-state index contributed by atoms with van der Waals surface area (Å²) in [5.74, 6) is -7.54. The highest BCUT2D eigenvalue weighted by molar-refractivity contribution is 8.13. The van der Waals surface area contributed by atoms with E-state index < -0.39 is 162 Å². The second-order valence-electron chi connectivity index (χ2n) is 26.6. The van der Waals surface area contributed by atoms with E-state index in [0.717, 1.165) is 21.9 Å². The minimum Gasteiger partial charge on any atom is -0.457 e. The Kier molecular flexibility index (Phi) is 20.3. The summed E-state index contributed by atoms with van der Waals surface area (Å²) in [7, 11) is -6.45. The monoisotopic (exact) mass is 1380 g/mol. The molecule has 6 fully saturated rings. The highest BCUT2D eigenvalue weighted by Crippen LogP contribution is 2.74. The Hall–Kier alpha value is -6.09. The van der Waals surface area contributed by atoms with Crippen molar-refractivity contribution in [1.82, 2.24) is 0 Å². The number of rotatable bonds is 10. The lowest BCUT2D eigenvalue weighted by Gasteiger charge is -2.63. The SMILES string of the molecule is C[C@@H]1CC2C3C[C@@H](F)C4=CC(=O)C=C[C@]4(C)[C@]3(F)[C@@H](O)C[C@]2(C)[C@@]1(OC(=O)c1ccco1)C(=O)S.C[C@@H]1CC2C3C[C@@H](F)C4=CC(=O)C=C[C@]4(C)[C@]3(F)[C@@H](O)C[C@]2(C)[C@@]1(OC(=O)c1ccco1)C(=O)SCF.Cc1ccc(C)c([S+](CF)c2ccccc2)c1.F[B-](F)(F)F. The number of aryl methyl sites for hydroxylation is 2. The number of halogens is 10. The molecule has 19 atom stereocenters. The number of thiol groups is 1. The smallest absolute Gasteiger partial charge is 0.457 e. The first kappa shape index (κ1) is 72.2. The van der Waals surface area contributed by atoms with Crippen molar-refractivity contribution in [1.29, 1.82) is 0 Å². The summed E-state index contributed by atoms with van der Waals surface area (Å²) < 4.78 is 154. The van der Waals surface area contributed by atoms with Gasteiger partial charge in [-0.25, -0.2) is 31.5 Å². The van der Waals surface area contributed by atoms with Crippen LogP contribution in [-0.2, 0) is 39.5 Å². The number of ketones is 2. The highest BCUT2D eigenvalue weighted by Gasteiger charge is 2.80. The van der Waals surface area contributed by atoms with Crippen LogP contribution in [0.5, 0.6) is 0 Å². The lowest BCUT2D eigenvalue weighted by Crippen LogP contribution is -2.70. The Bertz CT molecular complexity index is 3680. The van der Waals surface area contributed by atoms with Crippen molar-refractivity contribution >= 4 is 76.3 Å². The normalized spacial score (nSPS) is 37.6. The van der Waals surface area contributed by atoms with Gasteiger partial charge in [-0.2, -0.15) is 4.39 Å². The summed E-state index contributed by atoms with van der Waals surface area (Å²) in [6.45, 7) is 13.8. The summed E-state index contributed by atoms with van der Waals surface area (Å²) in [5, 5.41) is 21.4. The van der Waals surface area contributed by atoms with Gasteiger partial charge in [0.1, 0.15) is 18.3 Å². The van der Waals surface area contributed by atoms with Gasteiger partial charge in [0.2, 0.25) is 21.8 Å². The molecule has 12 rings (SSSR count). The molecular formula is C68H73BF10O12S3. The Morgan fingerprint density at radius 3 is 1.51 bits per heavy atom. The largest absolute Gasteiger partial charge is 0.673 e. The lowest BCUT2D eigenvalue weighted by atomic mass is 9.44. The third-order valence-corrected chi connectivity index (χ3v) is 24.9. The third kappa shape index (κ3) is 11.7. The Labute approximate surface area is 550 Å². The molecule has 0 aliphatic heterocycles. The number of esters is 2. The predicted molar refractivity (Wildman–Crippen MR) is 335 cm³/mol. The number of fused-ring (bicyclic) bond motifs is 10. The Morgan fingerprint density at radius 1 is 0.660 bits per heavy atom. The number of hydrogen-bond acceptors (Lipinski definition) is 13. The molecule has 0 saturated heterocycles. The molecule has 2 aromatic heterocycles. The van der Waals surface area contributed by atoms with E-state index in [9.17, 15) is 65.0 Å². The maximum absolute atomic E-state index is 17.4. The molecule has 0 radical (unpaired) electrons. The fraction of sp³-hybridized carbons (Fsp3) is 0.500. The molecule has 0 amide bonds. The lowest BCUT2D eigenvalue weighted by molar-refractivity contribution is -0.221. The van der Waals surface area contributed by atoms with E-state index in [1.54, 1.807) is 27.7 Å². The van der Waals surface area contributed by atoms with Crippen molar-refractivity contribution < 1.29 is 101 Å². The molecule has 8 aliphatic rings. The van der Waals surface area contributed by atoms with Gasteiger partial charge in [-0.05, 0) is 173 Å². The van der Waals surface area contributed by atoms with Crippen molar-refractivity contribution in [2.75, 3.05) is 12.0 Å². The minimum atomic E-state index is -6.00. The molecule has 2 aromatic carbocycles. The van der Waals surface area contributed by atoms with Crippen molar-refractivity contribution in [3.8, 4) is 0 Å². The average molecular weight is 1380 g/mol. The van der Waals surface area contributed by atoms with Crippen LogP contribution >= 0.6 is 24.4 Å². The maximum atomic E-state index is 17.4. The number of furan rings is 2. The molecule has 94 heavy (non-hydrogen) atoms. The Morgan fingerprint density at radius 2 is 1.10 bits per heavy atom.